The molecule has 1 atom stereocenters. The van der Waals surface area contributed by atoms with E-state index in [1.165, 1.54) is 38.6 Å². The second-order valence-corrected chi connectivity index (χ2v) is 6.62. The van der Waals surface area contributed by atoms with Gasteiger partial charge < -0.3 is 0 Å². The highest BCUT2D eigenvalue weighted by Crippen LogP contribution is 2.39. The molecule has 0 heterocycles. The average molecular weight is 318 g/mol. The SMILES string of the molecule is C1=CC(c2cccc(-c3ccccc3)c2)c2cccc3cccc1c23. The van der Waals surface area contributed by atoms with Crippen molar-refractivity contribution in [2.24, 2.45) is 0 Å². The Morgan fingerprint density at radius 3 is 2.24 bits per heavy atom. The van der Waals surface area contributed by atoms with Crippen molar-refractivity contribution >= 4 is 16.8 Å². The summed E-state index contributed by atoms with van der Waals surface area (Å²) in [6, 6.07) is 32.8. The lowest BCUT2D eigenvalue weighted by Crippen LogP contribution is -2.03. The molecule has 0 amide bonds. The van der Waals surface area contributed by atoms with Crippen LogP contribution in [0.3, 0.4) is 0 Å². The Labute approximate surface area is 148 Å². The van der Waals surface area contributed by atoms with Crippen LogP contribution in [0.2, 0.25) is 0 Å². The van der Waals surface area contributed by atoms with E-state index >= 15 is 0 Å². The Bertz CT molecular complexity index is 1080. The first-order valence-corrected chi connectivity index (χ1v) is 8.75. The van der Waals surface area contributed by atoms with Gasteiger partial charge in [0.15, 0.2) is 0 Å². The van der Waals surface area contributed by atoms with Crippen LogP contribution in [0.4, 0.5) is 0 Å². The Morgan fingerprint density at radius 2 is 1.36 bits per heavy atom. The van der Waals surface area contributed by atoms with Crippen LogP contribution in [-0.2, 0) is 0 Å². The van der Waals surface area contributed by atoms with Crippen molar-refractivity contribution in [3.63, 3.8) is 0 Å². The van der Waals surface area contributed by atoms with E-state index in [2.05, 4.69) is 103 Å². The molecule has 0 heteroatoms. The molecule has 0 fully saturated rings. The van der Waals surface area contributed by atoms with Gasteiger partial charge in [-0.15, -0.1) is 0 Å². The fourth-order valence-corrected chi connectivity index (χ4v) is 3.93. The zero-order valence-electron chi connectivity index (χ0n) is 13.9. The molecule has 5 rings (SSSR count). The van der Waals surface area contributed by atoms with Crippen LogP contribution >= 0.6 is 0 Å². The standard InChI is InChI=1S/C25H18/c1-2-7-18(8-3-1)21-12-5-13-22(17-21)23-16-15-20-10-4-9-19-11-6-14-24(23)25(19)20/h1-17,23H. The molecule has 0 bridgehead atoms. The van der Waals surface area contributed by atoms with Gasteiger partial charge in [0.2, 0.25) is 0 Å². The van der Waals surface area contributed by atoms with Gasteiger partial charge in [-0.1, -0.05) is 103 Å². The maximum Gasteiger partial charge on any atom is 0.0279 e. The summed E-state index contributed by atoms with van der Waals surface area (Å²) in [7, 11) is 0. The first-order valence-electron chi connectivity index (χ1n) is 8.75. The van der Waals surface area contributed by atoms with Gasteiger partial charge in [-0.05, 0) is 38.6 Å². The first kappa shape index (κ1) is 14.2. The highest BCUT2D eigenvalue weighted by atomic mass is 14.2. The van der Waals surface area contributed by atoms with Crippen molar-refractivity contribution in [1.82, 2.24) is 0 Å². The van der Waals surface area contributed by atoms with Crippen molar-refractivity contribution in [2.45, 2.75) is 5.92 Å². The van der Waals surface area contributed by atoms with E-state index in [9.17, 15) is 0 Å². The molecule has 0 aromatic heterocycles. The van der Waals surface area contributed by atoms with E-state index in [1.54, 1.807) is 0 Å². The minimum absolute atomic E-state index is 0.308. The third kappa shape index (κ3) is 2.38. The first-order chi connectivity index (χ1) is 12.4. The Kier molecular flexibility index (Phi) is 3.28. The lowest BCUT2D eigenvalue weighted by molar-refractivity contribution is 1.04. The van der Waals surface area contributed by atoms with Gasteiger partial charge >= 0.3 is 0 Å². The molecule has 0 nitrogen and oxygen atoms in total. The molecule has 118 valence electrons. The van der Waals surface area contributed by atoms with Crippen molar-refractivity contribution < 1.29 is 0 Å². The van der Waals surface area contributed by atoms with Gasteiger partial charge in [0.05, 0.1) is 0 Å². The summed E-state index contributed by atoms with van der Waals surface area (Å²) in [4.78, 5) is 0. The summed E-state index contributed by atoms with van der Waals surface area (Å²) in [6.07, 6.45) is 4.61. The van der Waals surface area contributed by atoms with Crippen LogP contribution in [0.5, 0.6) is 0 Å². The number of hydrogen-bond donors (Lipinski definition) is 0. The van der Waals surface area contributed by atoms with E-state index in [4.69, 9.17) is 0 Å². The Hall–Kier alpha value is -3.12. The second-order valence-electron chi connectivity index (χ2n) is 6.62. The molecule has 0 aliphatic heterocycles. The van der Waals surface area contributed by atoms with Crippen molar-refractivity contribution in [1.29, 1.82) is 0 Å². The molecular formula is C25H18. The van der Waals surface area contributed by atoms with E-state index in [1.807, 2.05) is 0 Å². The van der Waals surface area contributed by atoms with E-state index in [-0.39, 0.29) is 0 Å². The number of benzene rings is 4. The molecule has 4 aromatic carbocycles. The van der Waals surface area contributed by atoms with E-state index in [0.29, 0.717) is 5.92 Å². The Morgan fingerprint density at radius 1 is 0.600 bits per heavy atom. The van der Waals surface area contributed by atoms with E-state index < -0.39 is 0 Å². The zero-order chi connectivity index (χ0) is 16.6. The summed E-state index contributed by atoms with van der Waals surface area (Å²) >= 11 is 0. The number of rotatable bonds is 2. The van der Waals surface area contributed by atoms with Crippen LogP contribution < -0.4 is 0 Å². The summed E-state index contributed by atoms with van der Waals surface area (Å²) < 4.78 is 0. The normalized spacial score (nSPS) is 15.4. The molecule has 1 aliphatic rings. The fourth-order valence-electron chi connectivity index (χ4n) is 3.93. The molecule has 1 aliphatic carbocycles. The molecule has 4 aromatic rings. The van der Waals surface area contributed by atoms with E-state index in [0.717, 1.165) is 0 Å². The minimum atomic E-state index is 0.308. The Balaban J connectivity index is 1.66. The van der Waals surface area contributed by atoms with Gasteiger partial charge in [-0.2, -0.15) is 0 Å². The smallest absolute Gasteiger partial charge is 0.0279 e. The lowest BCUT2D eigenvalue weighted by Gasteiger charge is -2.22. The van der Waals surface area contributed by atoms with Crippen LogP contribution in [-0.4, -0.2) is 0 Å². The largest absolute Gasteiger partial charge is 0.0720 e. The zero-order valence-corrected chi connectivity index (χ0v) is 13.9. The maximum atomic E-state index is 2.33. The van der Waals surface area contributed by atoms with Crippen molar-refractivity contribution in [2.75, 3.05) is 0 Å². The highest BCUT2D eigenvalue weighted by molar-refractivity contribution is 5.96. The third-order valence-electron chi connectivity index (χ3n) is 5.13. The van der Waals surface area contributed by atoms with Crippen molar-refractivity contribution in [3.05, 3.63) is 114 Å². The van der Waals surface area contributed by atoms with Gasteiger partial charge in [0, 0.05) is 5.92 Å². The topological polar surface area (TPSA) is 0 Å². The van der Waals surface area contributed by atoms with Crippen LogP contribution in [0.15, 0.2) is 97.1 Å². The molecule has 0 radical (unpaired) electrons. The molecule has 0 saturated carbocycles. The molecular weight excluding hydrogens is 300 g/mol. The maximum absolute atomic E-state index is 2.33. The summed E-state index contributed by atoms with van der Waals surface area (Å²) in [5.74, 6) is 0.308. The molecule has 0 N–H and O–H groups in total. The van der Waals surface area contributed by atoms with Gasteiger partial charge in [-0.25, -0.2) is 0 Å². The molecule has 1 unspecified atom stereocenters. The second kappa shape index (κ2) is 5.75. The quantitative estimate of drug-likeness (QED) is 0.387. The van der Waals surface area contributed by atoms with Crippen LogP contribution in [0, 0.1) is 0 Å². The minimum Gasteiger partial charge on any atom is -0.0720 e. The number of hydrogen-bond acceptors (Lipinski definition) is 0. The number of allylic oxidation sites excluding steroid dienone is 1. The predicted molar refractivity (Wildman–Crippen MR) is 107 cm³/mol. The van der Waals surface area contributed by atoms with Gasteiger partial charge in [0.1, 0.15) is 0 Å². The van der Waals surface area contributed by atoms with Gasteiger partial charge in [0.25, 0.3) is 0 Å². The fraction of sp³-hybridized carbons (Fsp3) is 0.0400. The summed E-state index contributed by atoms with van der Waals surface area (Å²) in [6.45, 7) is 0. The molecule has 0 spiro atoms. The van der Waals surface area contributed by atoms with Crippen LogP contribution in [0.1, 0.15) is 22.6 Å². The lowest BCUT2D eigenvalue weighted by atomic mass is 9.81. The third-order valence-corrected chi connectivity index (χ3v) is 5.13. The highest BCUT2D eigenvalue weighted by Gasteiger charge is 2.19. The molecule has 0 saturated heterocycles. The predicted octanol–water partition coefficient (Wildman–Crippen LogP) is 6.67. The average Bonchev–Trinajstić information content (AvgIpc) is 2.70. The summed E-state index contributed by atoms with van der Waals surface area (Å²) in [5, 5.41) is 2.71. The van der Waals surface area contributed by atoms with Crippen molar-refractivity contribution in [3.8, 4) is 11.1 Å². The van der Waals surface area contributed by atoms with Crippen LogP contribution in [0.25, 0.3) is 28.0 Å². The molecule has 25 heavy (non-hydrogen) atoms. The summed E-state index contributed by atoms with van der Waals surface area (Å²) in [5.41, 5.74) is 6.62. The monoisotopic (exact) mass is 318 g/mol. The van der Waals surface area contributed by atoms with Gasteiger partial charge in [-0.3, -0.25) is 0 Å².